The maximum absolute atomic E-state index is 11.4. The predicted octanol–water partition coefficient (Wildman–Crippen LogP) is 2.37. The molecule has 1 aromatic rings. The second-order valence-electron chi connectivity index (χ2n) is 4.52. The summed E-state index contributed by atoms with van der Waals surface area (Å²) in [6.45, 7) is 6.58. The Hall–Kier alpha value is -1.39. The first-order chi connectivity index (χ1) is 9.08. The number of nitrogens with zero attached hydrogens (tertiary/aromatic N) is 1. The van der Waals surface area contributed by atoms with E-state index in [9.17, 15) is 4.79 Å². The van der Waals surface area contributed by atoms with Gasteiger partial charge >= 0.3 is 0 Å². The summed E-state index contributed by atoms with van der Waals surface area (Å²) in [6.07, 6.45) is 0. The van der Waals surface area contributed by atoms with Crippen LogP contribution in [0, 0.1) is 0 Å². The number of methoxy groups -OCH3 is 1. The van der Waals surface area contributed by atoms with Gasteiger partial charge in [-0.15, -0.1) is 0 Å². The lowest BCUT2D eigenvalue weighted by Crippen LogP contribution is -2.23. The lowest BCUT2D eigenvalue weighted by Gasteiger charge is -2.18. The average molecular weight is 265 g/mol. The van der Waals surface area contributed by atoms with E-state index < -0.39 is 0 Å². The zero-order valence-electron chi connectivity index (χ0n) is 12.2. The lowest BCUT2D eigenvalue weighted by molar-refractivity contribution is 0.101. The fourth-order valence-corrected chi connectivity index (χ4v) is 1.86. The molecule has 0 aromatic heterocycles. The molecule has 0 spiro atoms. The molecule has 19 heavy (non-hydrogen) atoms. The Bertz CT molecular complexity index is 418. The molecule has 0 aliphatic heterocycles. The summed E-state index contributed by atoms with van der Waals surface area (Å²) in [5, 5.41) is 0. The van der Waals surface area contributed by atoms with Gasteiger partial charge in [0.15, 0.2) is 5.78 Å². The summed E-state index contributed by atoms with van der Waals surface area (Å²) in [5.41, 5.74) is 1.74. The minimum atomic E-state index is 0.0703. The van der Waals surface area contributed by atoms with Crippen LogP contribution in [-0.4, -0.2) is 44.6 Å². The van der Waals surface area contributed by atoms with Crippen molar-refractivity contribution in [3.8, 4) is 5.75 Å². The highest BCUT2D eigenvalue weighted by atomic mass is 16.5. The molecule has 0 atom stereocenters. The van der Waals surface area contributed by atoms with E-state index in [0.717, 1.165) is 31.0 Å². The molecular weight excluding hydrogens is 242 g/mol. The van der Waals surface area contributed by atoms with E-state index in [1.807, 2.05) is 26.1 Å². The normalized spacial score (nSPS) is 10.8. The quantitative estimate of drug-likeness (QED) is 0.534. The highest BCUT2D eigenvalue weighted by Crippen LogP contribution is 2.21. The number of Topliss-reactive ketones (excluding diaryl/α,β-unsaturated/α-hetero) is 1. The summed E-state index contributed by atoms with van der Waals surface area (Å²) in [5.74, 6) is 0.883. The number of carbonyl (C=O) groups is 1. The molecule has 4 nitrogen and oxygen atoms in total. The van der Waals surface area contributed by atoms with Crippen molar-refractivity contribution < 1.29 is 14.3 Å². The van der Waals surface area contributed by atoms with E-state index in [-0.39, 0.29) is 5.78 Å². The third-order valence-electron chi connectivity index (χ3n) is 2.95. The van der Waals surface area contributed by atoms with Gasteiger partial charge in [-0.3, -0.25) is 9.69 Å². The van der Waals surface area contributed by atoms with Crippen LogP contribution in [0.2, 0.25) is 0 Å². The molecule has 0 heterocycles. The van der Waals surface area contributed by atoms with Crippen LogP contribution < -0.4 is 4.74 Å². The molecule has 0 fully saturated rings. The minimum Gasteiger partial charge on any atom is -0.496 e. The van der Waals surface area contributed by atoms with Crippen molar-refractivity contribution in [3.63, 3.8) is 0 Å². The molecule has 0 radical (unpaired) electrons. The van der Waals surface area contributed by atoms with E-state index in [1.165, 1.54) is 0 Å². The summed E-state index contributed by atoms with van der Waals surface area (Å²) < 4.78 is 10.7. The molecule has 0 aliphatic carbocycles. The second kappa shape index (κ2) is 7.92. The Labute approximate surface area is 115 Å². The summed E-state index contributed by atoms with van der Waals surface area (Å²) >= 11 is 0. The van der Waals surface area contributed by atoms with Gasteiger partial charge in [-0.1, -0.05) is 0 Å². The van der Waals surface area contributed by atoms with Crippen molar-refractivity contribution in [3.05, 3.63) is 29.3 Å². The van der Waals surface area contributed by atoms with Gasteiger partial charge in [0.2, 0.25) is 0 Å². The monoisotopic (exact) mass is 265 g/mol. The lowest BCUT2D eigenvalue weighted by atomic mass is 10.1. The smallest absolute Gasteiger partial charge is 0.159 e. The highest BCUT2D eigenvalue weighted by molar-refractivity contribution is 5.94. The Balaban J connectivity index is 2.74. The van der Waals surface area contributed by atoms with Gasteiger partial charge in [0.1, 0.15) is 5.75 Å². The standard InChI is InChI=1S/C15H23NO3/c1-5-19-9-8-16(3)11-14-10-13(12(2)17)6-7-15(14)18-4/h6-7,10H,5,8-9,11H2,1-4H3. The van der Waals surface area contributed by atoms with E-state index >= 15 is 0 Å². The number of carbonyl (C=O) groups excluding carboxylic acids is 1. The Kier molecular flexibility index (Phi) is 6.53. The molecule has 0 saturated heterocycles. The molecule has 0 N–H and O–H groups in total. The van der Waals surface area contributed by atoms with Crippen molar-refractivity contribution in [1.82, 2.24) is 4.90 Å². The zero-order valence-corrected chi connectivity index (χ0v) is 12.2. The topological polar surface area (TPSA) is 38.8 Å². The zero-order chi connectivity index (χ0) is 14.3. The average Bonchev–Trinajstić information content (AvgIpc) is 2.38. The number of rotatable bonds is 8. The molecule has 106 valence electrons. The molecule has 1 rings (SSSR count). The van der Waals surface area contributed by atoms with Crippen LogP contribution in [0.4, 0.5) is 0 Å². The minimum absolute atomic E-state index is 0.0703. The van der Waals surface area contributed by atoms with Gasteiger partial charge in [-0.25, -0.2) is 0 Å². The number of hydrogen-bond acceptors (Lipinski definition) is 4. The van der Waals surface area contributed by atoms with E-state index in [4.69, 9.17) is 9.47 Å². The Morgan fingerprint density at radius 3 is 2.68 bits per heavy atom. The highest BCUT2D eigenvalue weighted by Gasteiger charge is 2.09. The van der Waals surface area contributed by atoms with Gasteiger partial charge in [-0.05, 0) is 39.1 Å². The van der Waals surface area contributed by atoms with Crippen LogP contribution in [0.5, 0.6) is 5.75 Å². The third kappa shape index (κ3) is 5.01. The maximum Gasteiger partial charge on any atom is 0.159 e. The van der Waals surface area contributed by atoms with Gasteiger partial charge in [0.05, 0.1) is 13.7 Å². The first-order valence-electron chi connectivity index (χ1n) is 6.52. The van der Waals surface area contributed by atoms with E-state index in [0.29, 0.717) is 12.2 Å². The number of likely N-dealkylation sites (N-methyl/N-ethyl adjacent to an activating group) is 1. The predicted molar refractivity (Wildman–Crippen MR) is 75.8 cm³/mol. The molecule has 0 aliphatic rings. The fraction of sp³-hybridized carbons (Fsp3) is 0.533. The fourth-order valence-electron chi connectivity index (χ4n) is 1.86. The van der Waals surface area contributed by atoms with Crippen molar-refractivity contribution in [2.24, 2.45) is 0 Å². The third-order valence-corrected chi connectivity index (χ3v) is 2.95. The van der Waals surface area contributed by atoms with Gasteiger partial charge in [-0.2, -0.15) is 0 Å². The van der Waals surface area contributed by atoms with Crippen LogP contribution in [0.15, 0.2) is 18.2 Å². The first kappa shape index (κ1) is 15.7. The number of ketones is 1. The van der Waals surface area contributed by atoms with Crippen LogP contribution >= 0.6 is 0 Å². The van der Waals surface area contributed by atoms with Crippen molar-refractivity contribution >= 4 is 5.78 Å². The molecule has 0 amide bonds. The van der Waals surface area contributed by atoms with Crippen molar-refractivity contribution in [1.29, 1.82) is 0 Å². The van der Waals surface area contributed by atoms with Gasteiger partial charge in [0.25, 0.3) is 0 Å². The Morgan fingerprint density at radius 2 is 2.11 bits per heavy atom. The second-order valence-corrected chi connectivity index (χ2v) is 4.52. The summed E-state index contributed by atoms with van der Waals surface area (Å²) in [7, 11) is 3.67. The maximum atomic E-state index is 11.4. The van der Waals surface area contributed by atoms with Crippen LogP contribution in [0.3, 0.4) is 0 Å². The molecule has 0 saturated carbocycles. The number of ether oxygens (including phenoxy) is 2. The molecule has 1 aromatic carbocycles. The molecular formula is C15H23NO3. The van der Waals surface area contributed by atoms with Gasteiger partial charge in [0, 0.05) is 30.8 Å². The van der Waals surface area contributed by atoms with Crippen LogP contribution in [-0.2, 0) is 11.3 Å². The SMILES string of the molecule is CCOCCN(C)Cc1cc(C(C)=O)ccc1OC. The summed E-state index contributed by atoms with van der Waals surface area (Å²) in [4.78, 5) is 13.6. The molecule has 4 heteroatoms. The number of benzene rings is 1. The van der Waals surface area contributed by atoms with Gasteiger partial charge < -0.3 is 9.47 Å². The first-order valence-corrected chi connectivity index (χ1v) is 6.52. The number of hydrogen-bond donors (Lipinski definition) is 0. The van der Waals surface area contributed by atoms with E-state index in [1.54, 1.807) is 20.1 Å². The van der Waals surface area contributed by atoms with Crippen LogP contribution in [0.25, 0.3) is 0 Å². The molecule has 0 unspecified atom stereocenters. The van der Waals surface area contributed by atoms with Crippen molar-refractivity contribution in [2.45, 2.75) is 20.4 Å². The van der Waals surface area contributed by atoms with E-state index in [2.05, 4.69) is 4.90 Å². The molecule has 0 bridgehead atoms. The van der Waals surface area contributed by atoms with Crippen molar-refractivity contribution in [2.75, 3.05) is 33.9 Å². The van der Waals surface area contributed by atoms with Crippen LogP contribution in [0.1, 0.15) is 29.8 Å². The Morgan fingerprint density at radius 1 is 1.37 bits per heavy atom. The largest absolute Gasteiger partial charge is 0.496 e. The summed E-state index contributed by atoms with van der Waals surface area (Å²) in [6, 6.07) is 5.55.